The van der Waals surface area contributed by atoms with Crippen LogP contribution in [0.3, 0.4) is 0 Å². The number of nitrogens with zero attached hydrogens (tertiary/aromatic N) is 3. The highest BCUT2D eigenvalue weighted by Gasteiger charge is 2.07. The molecule has 0 spiro atoms. The number of hydrogen-bond donors (Lipinski definition) is 1. The van der Waals surface area contributed by atoms with Crippen LogP contribution in [0, 0.1) is 0 Å². The largest absolute Gasteiger partial charge is 0.357 e. The van der Waals surface area contributed by atoms with Crippen LogP contribution in [0.5, 0.6) is 0 Å². The van der Waals surface area contributed by atoms with E-state index in [-0.39, 0.29) is 0 Å². The van der Waals surface area contributed by atoms with E-state index in [4.69, 9.17) is 5.73 Å². The Labute approximate surface area is 95.3 Å². The third kappa shape index (κ3) is 3.07. The zero-order chi connectivity index (χ0) is 11.3. The van der Waals surface area contributed by atoms with Crippen LogP contribution < -0.4 is 10.6 Å². The van der Waals surface area contributed by atoms with E-state index in [1.54, 1.807) is 11.8 Å². The minimum atomic E-state index is 0.463. The number of hydrogen-bond acceptors (Lipinski definition) is 5. The molecule has 0 aliphatic carbocycles. The smallest absolute Gasteiger partial charge is 0.189 e. The topological polar surface area (TPSA) is 55.0 Å². The zero-order valence-electron chi connectivity index (χ0n) is 9.53. The van der Waals surface area contributed by atoms with Gasteiger partial charge in [0.05, 0.1) is 5.69 Å². The molecule has 0 saturated carbocycles. The molecule has 0 saturated heterocycles. The third-order valence-electron chi connectivity index (χ3n) is 2.22. The molecule has 0 aliphatic heterocycles. The molecule has 84 valence electrons. The zero-order valence-corrected chi connectivity index (χ0v) is 10.3. The van der Waals surface area contributed by atoms with Gasteiger partial charge in [-0.1, -0.05) is 11.8 Å². The van der Waals surface area contributed by atoms with Gasteiger partial charge >= 0.3 is 0 Å². The van der Waals surface area contributed by atoms with Gasteiger partial charge in [0.15, 0.2) is 5.16 Å². The molecule has 0 amide bonds. The molecule has 0 aromatic carbocycles. The Bertz CT molecular complexity index is 290. The first-order valence-electron chi connectivity index (χ1n) is 5.12. The molecule has 1 aromatic rings. The Balaban J connectivity index is 3.05. The third-order valence-corrected chi connectivity index (χ3v) is 2.77. The van der Waals surface area contributed by atoms with Gasteiger partial charge in [0, 0.05) is 25.7 Å². The fraction of sp³-hybridized carbons (Fsp3) is 0.600. The summed E-state index contributed by atoms with van der Waals surface area (Å²) >= 11 is 1.55. The number of thioether (sulfide) groups is 1. The molecular formula is C10H18N4S. The van der Waals surface area contributed by atoms with Crippen LogP contribution >= 0.6 is 11.8 Å². The minimum absolute atomic E-state index is 0.463. The predicted octanol–water partition coefficient (Wildman–Crippen LogP) is 1.50. The van der Waals surface area contributed by atoms with Crippen molar-refractivity contribution in [3.05, 3.63) is 11.8 Å². The SMILES string of the molecule is CCN(CC)c1cc(CN)nc(SC)n1. The number of nitrogens with two attached hydrogens (primary N) is 1. The van der Waals surface area contributed by atoms with Gasteiger partial charge in [-0.3, -0.25) is 0 Å². The summed E-state index contributed by atoms with van der Waals surface area (Å²) in [5.41, 5.74) is 6.51. The molecule has 0 atom stereocenters. The van der Waals surface area contributed by atoms with Crippen molar-refractivity contribution in [1.29, 1.82) is 0 Å². The summed E-state index contributed by atoms with van der Waals surface area (Å²) < 4.78 is 0. The lowest BCUT2D eigenvalue weighted by Crippen LogP contribution is -2.23. The van der Waals surface area contributed by atoms with Crippen molar-refractivity contribution in [2.75, 3.05) is 24.2 Å². The summed E-state index contributed by atoms with van der Waals surface area (Å²) in [7, 11) is 0. The average Bonchev–Trinajstić information content (AvgIpc) is 2.30. The van der Waals surface area contributed by atoms with Gasteiger partial charge in [0.1, 0.15) is 5.82 Å². The molecular weight excluding hydrogens is 208 g/mol. The summed E-state index contributed by atoms with van der Waals surface area (Å²) in [6.07, 6.45) is 1.97. The van der Waals surface area contributed by atoms with E-state index in [2.05, 4.69) is 28.7 Å². The van der Waals surface area contributed by atoms with E-state index < -0.39 is 0 Å². The van der Waals surface area contributed by atoms with Gasteiger partial charge in [-0.2, -0.15) is 0 Å². The molecule has 5 heteroatoms. The first kappa shape index (κ1) is 12.3. The van der Waals surface area contributed by atoms with Crippen molar-refractivity contribution < 1.29 is 0 Å². The van der Waals surface area contributed by atoms with Crippen LogP contribution in [-0.2, 0) is 6.54 Å². The Morgan fingerprint density at radius 1 is 1.33 bits per heavy atom. The number of anilines is 1. The van der Waals surface area contributed by atoms with Crippen LogP contribution in [0.15, 0.2) is 11.2 Å². The maximum atomic E-state index is 5.61. The van der Waals surface area contributed by atoms with E-state index in [1.807, 2.05) is 12.3 Å². The van der Waals surface area contributed by atoms with E-state index in [9.17, 15) is 0 Å². The standard InChI is InChI=1S/C10H18N4S/c1-4-14(5-2)9-6-8(7-11)12-10(13-9)15-3/h6H,4-5,7,11H2,1-3H3. The quantitative estimate of drug-likeness (QED) is 0.609. The monoisotopic (exact) mass is 226 g/mol. The maximum absolute atomic E-state index is 5.61. The first-order chi connectivity index (χ1) is 7.24. The minimum Gasteiger partial charge on any atom is -0.357 e. The Morgan fingerprint density at radius 3 is 2.47 bits per heavy atom. The lowest BCUT2D eigenvalue weighted by Gasteiger charge is -2.20. The van der Waals surface area contributed by atoms with Gasteiger partial charge in [-0.05, 0) is 20.1 Å². The average molecular weight is 226 g/mol. The highest BCUT2D eigenvalue weighted by molar-refractivity contribution is 7.98. The van der Waals surface area contributed by atoms with Crippen molar-refractivity contribution in [2.45, 2.75) is 25.5 Å². The molecule has 0 bridgehead atoms. The Morgan fingerprint density at radius 2 is 2.00 bits per heavy atom. The summed E-state index contributed by atoms with van der Waals surface area (Å²) in [6.45, 7) is 6.60. The summed E-state index contributed by atoms with van der Waals surface area (Å²) in [5, 5.41) is 0.792. The molecule has 1 rings (SSSR count). The predicted molar refractivity (Wildman–Crippen MR) is 65.3 cm³/mol. The van der Waals surface area contributed by atoms with Crippen molar-refractivity contribution in [1.82, 2.24) is 9.97 Å². The fourth-order valence-corrected chi connectivity index (χ4v) is 1.76. The lowest BCUT2D eigenvalue weighted by atomic mass is 10.3. The van der Waals surface area contributed by atoms with Crippen molar-refractivity contribution in [2.24, 2.45) is 5.73 Å². The van der Waals surface area contributed by atoms with Crippen molar-refractivity contribution in [3.8, 4) is 0 Å². The fourth-order valence-electron chi connectivity index (χ4n) is 1.36. The summed E-state index contributed by atoms with van der Waals surface area (Å²) in [5.74, 6) is 0.972. The van der Waals surface area contributed by atoms with E-state index in [0.717, 1.165) is 29.8 Å². The van der Waals surface area contributed by atoms with Gasteiger partial charge in [-0.15, -0.1) is 0 Å². The van der Waals surface area contributed by atoms with Crippen molar-refractivity contribution in [3.63, 3.8) is 0 Å². The van der Waals surface area contributed by atoms with Gasteiger partial charge in [-0.25, -0.2) is 9.97 Å². The highest BCUT2D eigenvalue weighted by Crippen LogP contribution is 2.17. The molecule has 2 N–H and O–H groups in total. The van der Waals surface area contributed by atoms with Gasteiger partial charge in [0.25, 0.3) is 0 Å². The summed E-state index contributed by atoms with van der Waals surface area (Å²) in [6, 6.07) is 1.96. The van der Waals surface area contributed by atoms with E-state index in [1.165, 1.54) is 0 Å². The van der Waals surface area contributed by atoms with Crippen LogP contribution in [0.4, 0.5) is 5.82 Å². The molecule has 4 nitrogen and oxygen atoms in total. The molecule has 0 fully saturated rings. The van der Waals surface area contributed by atoms with E-state index in [0.29, 0.717) is 6.54 Å². The normalized spacial score (nSPS) is 10.4. The lowest BCUT2D eigenvalue weighted by molar-refractivity contribution is 0.799. The van der Waals surface area contributed by atoms with E-state index >= 15 is 0 Å². The maximum Gasteiger partial charge on any atom is 0.189 e. The Kier molecular flexibility index (Phi) is 4.84. The van der Waals surface area contributed by atoms with Crippen molar-refractivity contribution >= 4 is 17.6 Å². The second-order valence-corrected chi connectivity index (χ2v) is 3.85. The highest BCUT2D eigenvalue weighted by atomic mass is 32.2. The molecule has 0 radical (unpaired) electrons. The van der Waals surface area contributed by atoms with Gasteiger partial charge in [0.2, 0.25) is 0 Å². The Hall–Kier alpha value is -0.810. The number of rotatable bonds is 5. The van der Waals surface area contributed by atoms with Gasteiger partial charge < -0.3 is 10.6 Å². The molecule has 15 heavy (non-hydrogen) atoms. The van der Waals surface area contributed by atoms with Crippen LogP contribution in [-0.4, -0.2) is 29.3 Å². The van der Waals surface area contributed by atoms with Crippen LogP contribution in [0.2, 0.25) is 0 Å². The first-order valence-corrected chi connectivity index (χ1v) is 6.34. The van der Waals surface area contributed by atoms with Crippen LogP contribution in [0.1, 0.15) is 19.5 Å². The molecule has 0 aliphatic rings. The second kappa shape index (κ2) is 5.92. The number of aromatic nitrogens is 2. The molecule has 0 unspecified atom stereocenters. The molecule has 1 aromatic heterocycles. The second-order valence-electron chi connectivity index (χ2n) is 3.08. The summed E-state index contributed by atoms with van der Waals surface area (Å²) in [4.78, 5) is 11.0. The van der Waals surface area contributed by atoms with Crippen LogP contribution in [0.25, 0.3) is 0 Å². The molecule has 1 heterocycles.